The van der Waals surface area contributed by atoms with E-state index < -0.39 is 0 Å². The van der Waals surface area contributed by atoms with E-state index in [0.717, 1.165) is 18.7 Å². The Bertz CT molecular complexity index is 457. The van der Waals surface area contributed by atoms with Gasteiger partial charge < -0.3 is 10.1 Å². The molecule has 0 spiro atoms. The molecule has 0 aliphatic carbocycles. The highest BCUT2D eigenvalue weighted by Crippen LogP contribution is 2.14. The fraction of sp³-hybridized carbons (Fsp3) is 0.533. The summed E-state index contributed by atoms with van der Waals surface area (Å²) < 4.78 is 5.65. The van der Waals surface area contributed by atoms with Gasteiger partial charge in [-0.1, -0.05) is 29.8 Å². The largest absolute Gasteiger partial charge is 0.373 e. The second-order valence-electron chi connectivity index (χ2n) is 5.32. The molecule has 1 aromatic rings. The third-order valence-corrected chi connectivity index (χ3v) is 3.67. The number of nitrogens with zero attached hydrogens (tertiary/aromatic N) is 1. The highest BCUT2D eigenvalue weighted by atomic mass is 35.5. The van der Waals surface area contributed by atoms with Crippen LogP contribution < -0.4 is 5.32 Å². The molecule has 1 amide bonds. The number of benzene rings is 1. The van der Waals surface area contributed by atoms with Gasteiger partial charge in [-0.2, -0.15) is 0 Å². The second-order valence-corrected chi connectivity index (χ2v) is 5.73. The maximum atomic E-state index is 12.0. The van der Waals surface area contributed by atoms with E-state index in [1.165, 1.54) is 0 Å². The molecule has 2 rings (SSSR count). The van der Waals surface area contributed by atoms with E-state index in [1.54, 1.807) is 0 Å². The molecule has 0 aromatic heterocycles. The molecule has 1 aliphatic rings. The first kappa shape index (κ1) is 15.3. The van der Waals surface area contributed by atoms with Crippen LogP contribution >= 0.6 is 11.6 Å². The highest BCUT2D eigenvalue weighted by molar-refractivity contribution is 6.31. The molecule has 1 saturated heterocycles. The normalized spacial score (nSPS) is 23.6. The van der Waals surface area contributed by atoms with Crippen molar-refractivity contribution in [3.05, 3.63) is 34.9 Å². The van der Waals surface area contributed by atoms with Crippen LogP contribution in [0.25, 0.3) is 0 Å². The third-order valence-electron chi connectivity index (χ3n) is 3.30. The van der Waals surface area contributed by atoms with Gasteiger partial charge in [-0.15, -0.1) is 0 Å². The Labute approximate surface area is 125 Å². The predicted octanol–water partition coefficient (Wildman–Crippen LogP) is 2.07. The van der Waals surface area contributed by atoms with Crippen LogP contribution in [0.15, 0.2) is 24.3 Å². The summed E-state index contributed by atoms with van der Waals surface area (Å²) in [6.07, 6.45) is 0.352. The number of nitrogens with one attached hydrogen (secondary N) is 1. The highest BCUT2D eigenvalue weighted by Gasteiger charge is 2.23. The number of carbonyl (C=O) groups is 1. The summed E-state index contributed by atoms with van der Waals surface area (Å²) in [5.74, 6) is 0.0196. The number of ether oxygens (including phenoxy) is 1. The van der Waals surface area contributed by atoms with Crippen molar-refractivity contribution in [2.75, 3.05) is 19.6 Å². The first-order chi connectivity index (χ1) is 9.54. The van der Waals surface area contributed by atoms with E-state index in [-0.39, 0.29) is 18.1 Å². The van der Waals surface area contributed by atoms with Crippen molar-refractivity contribution in [3.63, 3.8) is 0 Å². The minimum absolute atomic E-state index is 0.0196. The molecule has 0 saturated carbocycles. The Morgan fingerprint density at radius 3 is 2.65 bits per heavy atom. The van der Waals surface area contributed by atoms with Crippen LogP contribution in [0.1, 0.15) is 19.4 Å². The van der Waals surface area contributed by atoms with Gasteiger partial charge in [0.25, 0.3) is 0 Å². The van der Waals surface area contributed by atoms with E-state index in [0.29, 0.717) is 18.1 Å². The minimum atomic E-state index is 0.0196. The zero-order valence-electron chi connectivity index (χ0n) is 11.9. The lowest BCUT2D eigenvalue weighted by Crippen LogP contribution is -2.49. The van der Waals surface area contributed by atoms with Crippen LogP contribution in [0, 0.1) is 0 Å². The van der Waals surface area contributed by atoms with Gasteiger partial charge in [0.1, 0.15) is 0 Å². The van der Waals surface area contributed by atoms with Crippen LogP contribution in [-0.4, -0.2) is 42.6 Å². The van der Waals surface area contributed by atoms with Crippen molar-refractivity contribution < 1.29 is 9.53 Å². The van der Waals surface area contributed by atoms with E-state index in [4.69, 9.17) is 16.3 Å². The van der Waals surface area contributed by atoms with Crippen LogP contribution in [0.4, 0.5) is 0 Å². The average Bonchev–Trinajstić information content (AvgIpc) is 2.36. The van der Waals surface area contributed by atoms with Gasteiger partial charge in [0.15, 0.2) is 0 Å². The first-order valence-corrected chi connectivity index (χ1v) is 7.30. The molecule has 110 valence electrons. The van der Waals surface area contributed by atoms with Gasteiger partial charge in [-0.05, 0) is 25.5 Å². The fourth-order valence-electron chi connectivity index (χ4n) is 2.51. The van der Waals surface area contributed by atoms with Gasteiger partial charge >= 0.3 is 0 Å². The van der Waals surface area contributed by atoms with Crippen molar-refractivity contribution in [3.8, 4) is 0 Å². The molecule has 20 heavy (non-hydrogen) atoms. The van der Waals surface area contributed by atoms with Crippen LogP contribution in [0.2, 0.25) is 5.02 Å². The molecule has 1 N–H and O–H groups in total. The molecule has 1 aromatic carbocycles. The predicted molar refractivity (Wildman–Crippen MR) is 79.7 cm³/mol. The molecule has 0 bridgehead atoms. The SMILES string of the molecule is C[C@@H]1CN(CC(=O)NCc2ccccc2Cl)C[C@H](C)O1. The molecule has 1 aliphatic heterocycles. The summed E-state index contributed by atoms with van der Waals surface area (Å²) in [4.78, 5) is 14.1. The maximum Gasteiger partial charge on any atom is 0.234 e. The molecule has 1 fully saturated rings. The van der Waals surface area contributed by atoms with Gasteiger partial charge in [-0.25, -0.2) is 0 Å². The standard InChI is InChI=1S/C15H21ClN2O2/c1-11-8-18(9-12(2)20-11)10-15(19)17-7-13-5-3-4-6-14(13)16/h3-6,11-12H,7-10H2,1-2H3,(H,17,19)/t11-,12+. The molecule has 5 heteroatoms. The van der Waals surface area contributed by atoms with Crippen molar-refractivity contribution in [2.24, 2.45) is 0 Å². The zero-order chi connectivity index (χ0) is 14.5. The summed E-state index contributed by atoms with van der Waals surface area (Å²) in [7, 11) is 0. The number of hydrogen-bond donors (Lipinski definition) is 1. The molecule has 0 unspecified atom stereocenters. The summed E-state index contributed by atoms with van der Waals surface area (Å²) >= 11 is 6.06. The number of amides is 1. The average molecular weight is 297 g/mol. The zero-order valence-corrected chi connectivity index (χ0v) is 12.7. The van der Waals surface area contributed by atoms with Gasteiger partial charge in [0.05, 0.1) is 18.8 Å². The van der Waals surface area contributed by atoms with Crippen LogP contribution in [-0.2, 0) is 16.1 Å². The lowest BCUT2D eigenvalue weighted by atomic mass is 10.2. The Morgan fingerprint density at radius 1 is 1.35 bits per heavy atom. The monoisotopic (exact) mass is 296 g/mol. The smallest absolute Gasteiger partial charge is 0.234 e. The quantitative estimate of drug-likeness (QED) is 0.925. The second kappa shape index (κ2) is 7.07. The van der Waals surface area contributed by atoms with E-state index in [1.807, 2.05) is 38.1 Å². The topological polar surface area (TPSA) is 41.6 Å². The number of rotatable bonds is 4. The molecule has 0 radical (unpaired) electrons. The van der Waals surface area contributed by atoms with Gasteiger partial charge in [0, 0.05) is 24.7 Å². The summed E-state index contributed by atoms with van der Waals surface area (Å²) in [6, 6.07) is 7.54. The van der Waals surface area contributed by atoms with E-state index in [2.05, 4.69) is 10.2 Å². The minimum Gasteiger partial charge on any atom is -0.373 e. The Morgan fingerprint density at radius 2 is 2.00 bits per heavy atom. The van der Waals surface area contributed by atoms with Crippen molar-refractivity contribution >= 4 is 17.5 Å². The van der Waals surface area contributed by atoms with Gasteiger partial charge in [0.2, 0.25) is 5.91 Å². The number of hydrogen-bond acceptors (Lipinski definition) is 3. The fourth-order valence-corrected chi connectivity index (χ4v) is 2.71. The van der Waals surface area contributed by atoms with Crippen molar-refractivity contribution in [1.29, 1.82) is 0 Å². The lowest BCUT2D eigenvalue weighted by molar-refractivity contribution is -0.126. The summed E-state index contributed by atoms with van der Waals surface area (Å²) in [6.45, 7) is 6.53. The molecular weight excluding hydrogens is 276 g/mol. The lowest BCUT2D eigenvalue weighted by Gasteiger charge is -2.34. The third kappa shape index (κ3) is 4.47. The Hall–Kier alpha value is -1.10. The van der Waals surface area contributed by atoms with Crippen LogP contribution in [0.5, 0.6) is 0 Å². The van der Waals surface area contributed by atoms with Crippen LogP contribution in [0.3, 0.4) is 0 Å². The number of morpholine rings is 1. The first-order valence-electron chi connectivity index (χ1n) is 6.92. The molecular formula is C15H21ClN2O2. The maximum absolute atomic E-state index is 12.0. The number of carbonyl (C=O) groups excluding carboxylic acids is 1. The number of halogens is 1. The molecule has 2 atom stereocenters. The van der Waals surface area contributed by atoms with Crippen molar-refractivity contribution in [2.45, 2.75) is 32.6 Å². The van der Waals surface area contributed by atoms with E-state index in [9.17, 15) is 4.79 Å². The summed E-state index contributed by atoms with van der Waals surface area (Å²) in [5, 5.41) is 3.59. The van der Waals surface area contributed by atoms with Crippen molar-refractivity contribution in [1.82, 2.24) is 10.2 Å². The Kier molecular flexibility index (Phi) is 5.40. The van der Waals surface area contributed by atoms with Gasteiger partial charge in [-0.3, -0.25) is 9.69 Å². The Balaban J connectivity index is 1.79. The molecule has 1 heterocycles. The summed E-state index contributed by atoms with van der Waals surface area (Å²) in [5.41, 5.74) is 0.936. The van der Waals surface area contributed by atoms with E-state index >= 15 is 0 Å². The molecule has 4 nitrogen and oxygen atoms in total.